The topological polar surface area (TPSA) is 147 Å². The summed E-state index contributed by atoms with van der Waals surface area (Å²) in [5.41, 5.74) is 1.71. The Kier molecular flexibility index (Phi) is 12.3. The zero-order chi connectivity index (χ0) is 31.6. The molecule has 0 aromatic heterocycles. The Bertz CT molecular complexity index is 1370. The molecule has 0 unspecified atom stereocenters. The van der Waals surface area contributed by atoms with Gasteiger partial charge in [-0.25, -0.2) is 0 Å². The van der Waals surface area contributed by atoms with Gasteiger partial charge in [-0.1, -0.05) is 12.1 Å². The Morgan fingerprint density at radius 3 is 2.68 bits per heavy atom. The van der Waals surface area contributed by atoms with Crippen molar-refractivity contribution >= 4 is 34.4 Å². The summed E-state index contributed by atoms with van der Waals surface area (Å²) in [6, 6.07) is 7.99. The van der Waals surface area contributed by atoms with Crippen molar-refractivity contribution in [1.29, 1.82) is 0 Å². The predicted octanol–water partition coefficient (Wildman–Crippen LogP) is 3.21. The van der Waals surface area contributed by atoms with E-state index in [9.17, 15) is 24.9 Å². The smallest absolute Gasteiger partial charge is 0.247 e. The summed E-state index contributed by atoms with van der Waals surface area (Å²) in [7, 11) is 1.47. The number of fused-ring (bicyclic) bond motifs is 1. The molecule has 0 radical (unpaired) electrons. The number of aliphatic hydroxyl groups is 3. The van der Waals surface area contributed by atoms with Crippen LogP contribution in [0.2, 0.25) is 0 Å². The van der Waals surface area contributed by atoms with Gasteiger partial charge in [-0.2, -0.15) is 0 Å². The number of hydrogen-bond donors (Lipinski definition) is 4. The van der Waals surface area contributed by atoms with Gasteiger partial charge < -0.3 is 44.5 Å². The number of nitrogens with one attached hydrogen (secondary N) is 1. The molecular weight excluding hydrogens is 683 g/mol. The van der Waals surface area contributed by atoms with Crippen molar-refractivity contribution in [3.05, 3.63) is 69.3 Å². The number of carbonyl (C=O) groups is 2. The number of halogens is 1. The Balaban J connectivity index is 1.70. The zero-order valence-corrected chi connectivity index (χ0v) is 26.8. The van der Waals surface area contributed by atoms with E-state index in [4.69, 9.17) is 18.9 Å². The van der Waals surface area contributed by atoms with E-state index in [0.717, 1.165) is 18.4 Å². The van der Waals surface area contributed by atoms with Gasteiger partial charge in [0.15, 0.2) is 23.0 Å². The van der Waals surface area contributed by atoms with E-state index in [1.807, 2.05) is 18.2 Å². The number of ether oxygens (including phenoxy) is 4. The molecule has 1 heterocycles. The number of amides is 2. The van der Waals surface area contributed by atoms with Crippen LogP contribution in [0.1, 0.15) is 43.2 Å². The van der Waals surface area contributed by atoms with E-state index < -0.39 is 24.2 Å². The van der Waals surface area contributed by atoms with Gasteiger partial charge in [0.05, 0.1) is 29.9 Å². The lowest BCUT2D eigenvalue weighted by molar-refractivity contribution is -0.139. The normalized spacial score (nSPS) is 18.8. The van der Waals surface area contributed by atoms with E-state index in [0.29, 0.717) is 44.1 Å². The van der Waals surface area contributed by atoms with Gasteiger partial charge in [0.1, 0.15) is 12.2 Å². The first-order valence-corrected chi connectivity index (χ1v) is 15.6. The van der Waals surface area contributed by atoms with Crippen molar-refractivity contribution < 1.29 is 43.9 Å². The fraction of sp³-hybridized carbons (Fsp3) is 0.438. The van der Waals surface area contributed by atoms with E-state index in [1.54, 1.807) is 29.2 Å². The molecule has 0 fully saturated rings. The highest BCUT2D eigenvalue weighted by molar-refractivity contribution is 14.1. The first kappa shape index (κ1) is 33.6. The molecule has 1 aliphatic carbocycles. The summed E-state index contributed by atoms with van der Waals surface area (Å²) in [5, 5.41) is 33.4. The lowest BCUT2D eigenvalue weighted by Crippen LogP contribution is -2.54. The summed E-state index contributed by atoms with van der Waals surface area (Å²) in [6.45, 7) is 3.64. The van der Waals surface area contributed by atoms with Crippen LogP contribution in [-0.2, 0) is 22.7 Å². The summed E-state index contributed by atoms with van der Waals surface area (Å²) in [5.74, 6) is 1.27. The molecule has 2 aromatic carbocycles. The van der Waals surface area contributed by atoms with Crippen LogP contribution in [-0.4, -0.2) is 77.3 Å². The molecule has 3 atom stereocenters. The molecule has 2 aliphatic rings. The predicted molar refractivity (Wildman–Crippen MR) is 170 cm³/mol. The van der Waals surface area contributed by atoms with Crippen LogP contribution < -0.4 is 24.3 Å². The van der Waals surface area contributed by atoms with Crippen LogP contribution in [0.3, 0.4) is 0 Å². The molecule has 1 aliphatic heterocycles. The highest BCUT2D eigenvalue weighted by Crippen LogP contribution is 2.38. The number of benzene rings is 2. The van der Waals surface area contributed by atoms with Crippen molar-refractivity contribution in [2.75, 3.05) is 27.1 Å². The number of carbonyl (C=O) groups excluding carboxylic acids is 2. The first-order valence-electron chi connectivity index (χ1n) is 14.5. The largest absolute Gasteiger partial charge is 0.493 e. The van der Waals surface area contributed by atoms with E-state index in [1.165, 1.54) is 7.11 Å². The summed E-state index contributed by atoms with van der Waals surface area (Å²) < 4.78 is 23.5. The molecule has 0 spiro atoms. The van der Waals surface area contributed by atoms with Gasteiger partial charge >= 0.3 is 0 Å². The second-order valence-corrected chi connectivity index (χ2v) is 11.7. The minimum absolute atomic E-state index is 0.0480. The SMILES string of the molecule is C=CCCCCC(=O)N(Cc1ccc2c(c1)OCO2)[C@@H]1CC(C(=O)NCCO)=C[C@H](Oc2c(I)cc(CO)cc2OC)[C@H]1O. The number of nitrogens with zero attached hydrogens (tertiary/aromatic N) is 1. The molecule has 4 N–H and O–H groups in total. The molecule has 2 aromatic rings. The molecule has 44 heavy (non-hydrogen) atoms. The number of hydrogen-bond acceptors (Lipinski definition) is 9. The van der Waals surface area contributed by atoms with Crippen molar-refractivity contribution in [2.24, 2.45) is 0 Å². The Labute approximate surface area is 270 Å². The Hall–Kier alpha value is -3.33. The van der Waals surface area contributed by atoms with Gasteiger partial charge in [0, 0.05) is 31.5 Å². The van der Waals surface area contributed by atoms with Gasteiger partial charge in [-0.15, -0.1) is 6.58 Å². The quantitative estimate of drug-likeness (QED) is 0.124. The molecule has 238 valence electrons. The van der Waals surface area contributed by atoms with Gasteiger partial charge in [-0.3, -0.25) is 9.59 Å². The van der Waals surface area contributed by atoms with Crippen molar-refractivity contribution in [1.82, 2.24) is 10.2 Å². The molecular formula is C32H39IN2O9. The number of aliphatic hydroxyl groups excluding tert-OH is 3. The fourth-order valence-corrected chi connectivity index (χ4v) is 6.02. The minimum Gasteiger partial charge on any atom is -0.493 e. The van der Waals surface area contributed by atoms with Crippen molar-refractivity contribution in [2.45, 2.75) is 63.5 Å². The summed E-state index contributed by atoms with van der Waals surface area (Å²) in [4.78, 5) is 28.6. The van der Waals surface area contributed by atoms with Gasteiger partial charge in [0.2, 0.25) is 18.6 Å². The molecule has 2 amide bonds. The number of rotatable bonds is 15. The number of allylic oxidation sites excluding steroid dienone is 1. The molecule has 11 nitrogen and oxygen atoms in total. The second kappa shape index (κ2) is 16.1. The number of methoxy groups -OCH3 is 1. The molecule has 0 saturated heterocycles. The van der Waals surface area contributed by atoms with Gasteiger partial charge in [-0.05, 0) is 83.3 Å². The maximum Gasteiger partial charge on any atom is 0.247 e. The summed E-state index contributed by atoms with van der Waals surface area (Å²) >= 11 is 2.06. The molecule has 0 saturated carbocycles. The minimum atomic E-state index is -1.21. The summed E-state index contributed by atoms with van der Waals surface area (Å²) in [6.07, 6.45) is 3.65. The monoisotopic (exact) mass is 722 g/mol. The van der Waals surface area contributed by atoms with Crippen LogP contribution >= 0.6 is 22.6 Å². The maximum atomic E-state index is 13.8. The molecule has 12 heteroatoms. The fourth-order valence-electron chi connectivity index (χ4n) is 5.23. The van der Waals surface area contributed by atoms with Crippen molar-refractivity contribution in [3.8, 4) is 23.0 Å². The average Bonchev–Trinajstić information content (AvgIpc) is 3.50. The lowest BCUT2D eigenvalue weighted by atomic mass is 9.87. The van der Waals surface area contributed by atoms with Crippen LogP contribution in [0.5, 0.6) is 23.0 Å². The van der Waals surface area contributed by atoms with Crippen LogP contribution in [0.15, 0.2) is 54.6 Å². The maximum absolute atomic E-state index is 13.8. The number of unbranched alkanes of at least 4 members (excludes halogenated alkanes) is 2. The third kappa shape index (κ3) is 8.23. The van der Waals surface area contributed by atoms with Crippen molar-refractivity contribution in [3.63, 3.8) is 0 Å². The van der Waals surface area contributed by atoms with Crippen LogP contribution in [0.4, 0.5) is 0 Å². The second-order valence-electron chi connectivity index (χ2n) is 10.5. The Morgan fingerprint density at radius 1 is 1.16 bits per heavy atom. The average molecular weight is 723 g/mol. The third-order valence-electron chi connectivity index (χ3n) is 7.50. The lowest BCUT2D eigenvalue weighted by Gasteiger charge is -2.41. The van der Waals surface area contributed by atoms with Gasteiger partial charge in [0.25, 0.3) is 0 Å². The highest BCUT2D eigenvalue weighted by atomic mass is 127. The standard InChI is InChI=1S/C32H39IN2O9/c1-3-4-5-6-7-29(38)35(17-20-8-9-25-26(13-20)43-19-42-25)24-15-22(32(40)34-10-11-36)16-27(30(24)39)44-31-23(33)12-21(18-37)14-28(31)41-2/h3,8-9,12-14,16,24,27,30,36-37,39H,1,4-7,10-11,15,17-19H2,2H3,(H,34,40)/t24-,27+,30+/m1/s1. The first-order chi connectivity index (χ1) is 21.3. The van der Waals surface area contributed by atoms with Crippen LogP contribution in [0.25, 0.3) is 0 Å². The van der Waals surface area contributed by atoms with E-state index >= 15 is 0 Å². The van der Waals surface area contributed by atoms with E-state index in [-0.39, 0.29) is 51.8 Å². The van der Waals surface area contributed by atoms with E-state index in [2.05, 4.69) is 34.5 Å². The third-order valence-corrected chi connectivity index (χ3v) is 8.30. The Morgan fingerprint density at radius 2 is 1.95 bits per heavy atom. The van der Waals surface area contributed by atoms with Crippen LogP contribution in [0, 0.1) is 3.57 Å². The molecule has 4 rings (SSSR count). The zero-order valence-electron chi connectivity index (χ0n) is 24.7. The highest BCUT2D eigenvalue weighted by Gasteiger charge is 2.41. The molecule has 0 bridgehead atoms.